The van der Waals surface area contributed by atoms with E-state index in [1.54, 1.807) is 18.1 Å². The number of methoxy groups -OCH3 is 1. The fourth-order valence-electron chi connectivity index (χ4n) is 2.59. The lowest BCUT2D eigenvalue weighted by Crippen LogP contribution is -2.31. The molecule has 1 aliphatic heterocycles. The number of hydrogen-bond donors (Lipinski definition) is 0. The maximum atomic E-state index is 12.6. The Hall–Kier alpha value is -3.15. The molecule has 1 unspecified atom stereocenters. The second-order valence-electron chi connectivity index (χ2n) is 5.33. The molecule has 3 rings (SSSR count). The van der Waals surface area contributed by atoms with E-state index >= 15 is 0 Å². The van der Waals surface area contributed by atoms with Gasteiger partial charge in [-0.3, -0.25) is 9.48 Å². The number of nitriles is 1. The third-order valence-corrected chi connectivity index (χ3v) is 3.70. The van der Waals surface area contributed by atoms with E-state index in [9.17, 15) is 4.79 Å². The second-order valence-corrected chi connectivity index (χ2v) is 5.33. The molecule has 0 aliphatic carbocycles. The summed E-state index contributed by atoms with van der Waals surface area (Å²) in [4.78, 5) is 22.2. The fraction of sp³-hybridized carbons (Fsp3) is 0.400. The summed E-state index contributed by atoms with van der Waals surface area (Å²) < 4.78 is 12.4. The molecule has 2 aromatic heterocycles. The molecule has 1 saturated heterocycles. The van der Waals surface area contributed by atoms with Gasteiger partial charge >= 0.3 is 0 Å². The molecule has 0 N–H and O–H groups in total. The van der Waals surface area contributed by atoms with Crippen molar-refractivity contribution in [3.63, 3.8) is 0 Å². The van der Waals surface area contributed by atoms with Crippen molar-refractivity contribution in [2.24, 2.45) is 7.05 Å². The first kappa shape index (κ1) is 15.7. The van der Waals surface area contributed by atoms with Crippen molar-refractivity contribution in [3.05, 3.63) is 29.8 Å². The average Bonchev–Trinajstić information content (AvgIpc) is 3.21. The number of aromatic nitrogens is 4. The Morgan fingerprint density at radius 1 is 1.38 bits per heavy atom. The largest absolute Gasteiger partial charge is 0.479 e. The van der Waals surface area contributed by atoms with Crippen LogP contribution < -0.4 is 9.47 Å². The van der Waals surface area contributed by atoms with Crippen molar-refractivity contribution in [3.8, 4) is 17.8 Å². The molecule has 2 aromatic rings. The quantitative estimate of drug-likeness (QED) is 0.799. The van der Waals surface area contributed by atoms with Gasteiger partial charge in [0, 0.05) is 38.6 Å². The first-order chi connectivity index (χ1) is 11.6. The van der Waals surface area contributed by atoms with E-state index in [1.165, 1.54) is 24.2 Å². The second kappa shape index (κ2) is 6.54. The number of carbonyl (C=O) groups excluding carboxylic acids is 1. The number of nitrogens with zero attached hydrogens (tertiary/aromatic N) is 6. The molecule has 1 atom stereocenters. The lowest BCUT2D eigenvalue weighted by Gasteiger charge is -2.16. The maximum absolute atomic E-state index is 12.6. The molecule has 0 saturated carbocycles. The summed E-state index contributed by atoms with van der Waals surface area (Å²) >= 11 is 0. The van der Waals surface area contributed by atoms with Crippen LogP contribution in [-0.4, -0.2) is 56.9 Å². The molecule has 124 valence electrons. The minimum Gasteiger partial charge on any atom is -0.479 e. The van der Waals surface area contributed by atoms with Gasteiger partial charge in [-0.1, -0.05) is 0 Å². The number of hydrogen-bond acceptors (Lipinski definition) is 7. The molecule has 0 spiro atoms. The SMILES string of the molecule is COc1nn(C)cc1C(=O)N1CCC(Oc2nccnc2C#N)C1. The zero-order chi connectivity index (χ0) is 17.1. The Kier molecular flexibility index (Phi) is 4.29. The third-order valence-electron chi connectivity index (χ3n) is 3.70. The lowest BCUT2D eigenvalue weighted by molar-refractivity contribution is 0.0767. The zero-order valence-electron chi connectivity index (χ0n) is 13.3. The molecule has 0 radical (unpaired) electrons. The summed E-state index contributed by atoms with van der Waals surface area (Å²) in [6.07, 6.45) is 4.95. The highest BCUT2D eigenvalue weighted by atomic mass is 16.5. The van der Waals surface area contributed by atoms with Gasteiger partial charge in [0.15, 0.2) is 0 Å². The van der Waals surface area contributed by atoms with Gasteiger partial charge in [-0.2, -0.15) is 5.26 Å². The van der Waals surface area contributed by atoms with Crippen LogP contribution in [0.15, 0.2) is 18.6 Å². The number of ether oxygens (including phenoxy) is 2. The van der Waals surface area contributed by atoms with Crippen LogP contribution >= 0.6 is 0 Å². The fourth-order valence-corrected chi connectivity index (χ4v) is 2.59. The van der Waals surface area contributed by atoms with Gasteiger partial charge in [-0.25, -0.2) is 9.97 Å². The molecule has 9 heteroatoms. The summed E-state index contributed by atoms with van der Waals surface area (Å²) in [5.41, 5.74) is 0.550. The normalized spacial score (nSPS) is 16.7. The molecular formula is C15H16N6O3. The smallest absolute Gasteiger partial charge is 0.261 e. The van der Waals surface area contributed by atoms with Crippen molar-refractivity contribution < 1.29 is 14.3 Å². The van der Waals surface area contributed by atoms with Gasteiger partial charge in [0.1, 0.15) is 17.7 Å². The Bertz CT molecular complexity index is 797. The van der Waals surface area contributed by atoms with Gasteiger partial charge in [-0.15, -0.1) is 5.10 Å². The van der Waals surface area contributed by atoms with Gasteiger partial charge in [-0.05, 0) is 0 Å². The minimum absolute atomic E-state index is 0.135. The van der Waals surface area contributed by atoms with Crippen molar-refractivity contribution in [2.45, 2.75) is 12.5 Å². The average molecular weight is 328 g/mol. The molecule has 1 aliphatic rings. The molecule has 1 amide bonds. The number of carbonyl (C=O) groups is 1. The zero-order valence-corrected chi connectivity index (χ0v) is 13.3. The van der Waals surface area contributed by atoms with E-state index in [0.29, 0.717) is 31.0 Å². The highest BCUT2D eigenvalue weighted by Crippen LogP contribution is 2.23. The van der Waals surface area contributed by atoms with Crippen LogP contribution in [0.4, 0.5) is 0 Å². The molecule has 0 aromatic carbocycles. The van der Waals surface area contributed by atoms with Gasteiger partial charge < -0.3 is 14.4 Å². The lowest BCUT2D eigenvalue weighted by atomic mass is 10.3. The van der Waals surface area contributed by atoms with Crippen LogP contribution in [0.25, 0.3) is 0 Å². The molecule has 1 fully saturated rings. The summed E-state index contributed by atoms with van der Waals surface area (Å²) in [5.74, 6) is 0.330. The number of amides is 1. The van der Waals surface area contributed by atoms with Crippen molar-refractivity contribution in [1.82, 2.24) is 24.6 Å². The maximum Gasteiger partial charge on any atom is 0.261 e. The van der Waals surface area contributed by atoms with E-state index in [1.807, 2.05) is 6.07 Å². The van der Waals surface area contributed by atoms with Crippen LogP contribution in [0.2, 0.25) is 0 Å². The third kappa shape index (κ3) is 2.99. The Morgan fingerprint density at radius 3 is 2.92 bits per heavy atom. The van der Waals surface area contributed by atoms with E-state index < -0.39 is 0 Å². The van der Waals surface area contributed by atoms with E-state index in [0.717, 1.165) is 0 Å². The van der Waals surface area contributed by atoms with Crippen LogP contribution in [0, 0.1) is 11.3 Å². The summed E-state index contributed by atoms with van der Waals surface area (Å²) in [5, 5.41) is 13.1. The van der Waals surface area contributed by atoms with Gasteiger partial charge in [0.2, 0.25) is 11.6 Å². The molecular weight excluding hydrogens is 312 g/mol. The Balaban J connectivity index is 1.69. The number of rotatable bonds is 4. The van der Waals surface area contributed by atoms with Crippen LogP contribution in [-0.2, 0) is 7.05 Å². The van der Waals surface area contributed by atoms with Gasteiger partial charge in [0.05, 0.1) is 13.7 Å². The first-order valence-electron chi connectivity index (χ1n) is 7.37. The first-order valence-corrected chi connectivity index (χ1v) is 7.37. The summed E-state index contributed by atoms with van der Waals surface area (Å²) in [7, 11) is 3.21. The predicted octanol–water partition coefficient (Wildman–Crippen LogP) is 0.384. The van der Waals surface area contributed by atoms with E-state index in [4.69, 9.17) is 14.7 Å². The van der Waals surface area contributed by atoms with Crippen LogP contribution in [0.5, 0.6) is 11.8 Å². The van der Waals surface area contributed by atoms with Crippen LogP contribution in [0.3, 0.4) is 0 Å². The van der Waals surface area contributed by atoms with Gasteiger partial charge in [0.25, 0.3) is 11.8 Å². The summed E-state index contributed by atoms with van der Waals surface area (Å²) in [6, 6.07) is 1.94. The molecule has 9 nitrogen and oxygen atoms in total. The highest BCUT2D eigenvalue weighted by Gasteiger charge is 2.31. The number of aryl methyl sites for hydroxylation is 1. The van der Waals surface area contributed by atoms with Crippen molar-refractivity contribution in [1.29, 1.82) is 5.26 Å². The summed E-state index contributed by atoms with van der Waals surface area (Å²) in [6.45, 7) is 0.946. The topological polar surface area (TPSA) is 106 Å². The monoisotopic (exact) mass is 328 g/mol. The minimum atomic E-state index is -0.236. The molecule has 24 heavy (non-hydrogen) atoms. The standard InChI is InChI=1S/C15H16N6O3/c1-20-9-11(13(19-20)23-2)15(22)21-6-3-10(8-21)24-14-12(7-16)17-4-5-18-14/h4-5,9-10H,3,6,8H2,1-2H3. The van der Waals surface area contributed by atoms with E-state index in [-0.39, 0.29) is 23.6 Å². The van der Waals surface area contributed by atoms with Crippen molar-refractivity contribution >= 4 is 5.91 Å². The molecule has 3 heterocycles. The predicted molar refractivity (Wildman–Crippen MR) is 81.4 cm³/mol. The molecule has 0 bridgehead atoms. The number of likely N-dealkylation sites (tertiary alicyclic amines) is 1. The Labute approximate surface area is 138 Å². The van der Waals surface area contributed by atoms with Crippen LogP contribution in [0.1, 0.15) is 22.5 Å². The van der Waals surface area contributed by atoms with Crippen molar-refractivity contribution in [2.75, 3.05) is 20.2 Å². The Morgan fingerprint density at radius 2 is 2.17 bits per heavy atom. The van der Waals surface area contributed by atoms with E-state index in [2.05, 4.69) is 15.1 Å². The highest BCUT2D eigenvalue weighted by molar-refractivity contribution is 5.96.